The lowest BCUT2D eigenvalue weighted by molar-refractivity contribution is 0.00701. The van der Waals surface area contributed by atoms with Crippen LogP contribution in [0.4, 0.5) is 0 Å². The fraction of sp³-hybridized carbons (Fsp3) is 0.302. The van der Waals surface area contributed by atoms with E-state index in [0.717, 1.165) is 46.2 Å². The van der Waals surface area contributed by atoms with Crippen molar-refractivity contribution in [3.63, 3.8) is 0 Å². The summed E-state index contributed by atoms with van der Waals surface area (Å²) in [6.45, 7) is 12.4. The summed E-state index contributed by atoms with van der Waals surface area (Å²) in [6, 6.07) is 34.6. The molecule has 6 aromatic carbocycles. The Balaban J connectivity index is 0.983. The minimum absolute atomic E-state index is 0.285. The number of ether oxygens (including phenoxy) is 4. The molecule has 6 aliphatic rings. The van der Waals surface area contributed by atoms with Gasteiger partial charge in [-0.25, -0.2) is 0 Å². The molecule has 0 amide bonds. The van der Waals surface area contributed by atoms with Gasteiger partial charge in [-0.3, -0.25) is 4.79 Å². The highest BCUT2D eigenvalue weighted by molar-refractivity contribution is 7.43. The van der Waals surface area contributed by atoms with Crippen LogP contribution in [-0.2, 0) is 32.1 Å². The maximum absolute atomic E-state index is 15.2. The summed E-state index contributed by atoms with van der Waals surface area (Å²) >= 11 is 0. The Morgan fingerprint density at radius 3 is 1.23 bits per heavy atom. The fourth-order valence-electron chi connectivity index (χ4n) is 10.5. The van der Waals surface area contributed by atoms with Gasteiger partial charge in [-0.1, -0.05) is 72.8 Å². The van der Waals surface area contributed by atoms with Crippen LogP contribution >= 0.6 is 17.2 Å². The van der Waals surface area contributed by atoms with Crippen LogP contribution in [0.5, 0.6) is 57.5 Å². The standard InChI is InChI=1S/C53H48O11P2/c1-50(2)26-33-15-9-21-39(46(33)55-50)61-65-59-37-19-7-13-31-25-32-14-8-20-38(44(32)45(54)43(31)37)60-66(62-40-22-10-16-34-27-51(3,4)56-47(34)40)64-42-24-12-18-36-29-53(6,58-49(36)42)30-52(5)28-35-17-11-23-41(63-65)48(35)57-52/h7-24H,25-30H2,1-6H3. The van der Waals surface area contributed by atoms with E-state index in [4.69, 9.17) is 46.1 Å². The molecule has 66 heavy (non-hydrogen) atoms. The molecule has 0 saturated heterocycles. The molecule has 336 valence electrons. The van der Waals surface area contributed by atoms with E-state index in [2.05, 4.69) is 26.0 Å². The van der Waals surface area contributed by atoms with Gasteiger partial charge in [0.2, 0.25) is 5.78 Å². The van der Waals surface area contributed by atoms with E-state index in [9.17, 15) is 0 Å². The highest BCUT2D eigenvalue weighted by atomic mass is 31.2. The second-order valence-corrected chi connectivity index (χ2v) is 21.8. The van der Waals surface area contributed by atoms with Crippen molar-refractivity contribution in [3.8, 4) is 57.5 Å². The zero-order chi connectivity index (χ0) is 45.2. The van der Waals surface area contributed by atoms with Crippen molar-refractivity contribution in [1.82, 2.24) is 0 Å². The van der Waals surface area contributed by atoms with E-state index in [-0.39, 0.29) is 5.78 Å². The maximum Gasteiger partial charge on any atom is 0.530 e. The number of hydrogen-bond donors (Lipinski definition) is 0. The van der Waals surface area contributed by atoms with Gasteiger partial charge in [-0.05, 0) is 95.5 Å². The average Bonchev–Trinajstić information content (AvgIpc) is 3.98. The molecule has 0 fully saturated rings. The van der Waals surface area contributed by atoms with Gasteiger partial charge in [-0.15, -0.1) is 0 Å². The number of ketones is 1. The third-order valence-electron chi connectivity index (χ3n) is 12.9. The second-order valence-electron chi connectivity index (χ2n) is 19.8. The van der Waals surface area contributed by atoms with Crippen molar-refractivity contribution in [2.75, 3.05) is 0 Å². The molecule has 6 aromatic rings. The molecule has 5 heterocycles. The van der Waals surface area contributed by atoms with Gasteiger partial charge < -0.3 is 46.1 Å². The summed E-state index contributed by atoms with van der Waals surface area (Å²) in [5, 5.41) is 0. The van der Waals surface area contributed by atoms with Gasteiger partial charge in [0.1, 0.15) is 33.9 Å². The Labute approximate surface area is 386 Å². The Bertz CT molecular complexity index is 2810. The smallest absolute Gasteiger partial charge is 0.483 e. The van der Waals surface area contributed by atoms with Crippen LogP contribution < -0.4 is 46.1 Å². The van der Waals surface area contributed by atoms with Gasteiger partial charge in [-0.2, -0.15) is 0 Å². The van der Waals surface area contributed by atoms with Crippen molar-refractivity contribution in [2.24, 2.45) is 0 Å². The van der Waals surface area contributed by atoms with E-state index >= 15 is 4.79 Å². The quantitative estimate of drug-likeness (QED) is 0.157. The normalized spacial score (nSPS) is 24.3. The number of rotatable bonds is 4. The largest absolute Gasteiger partial charge is 0.530 e. The molecule has 0 saturated carbocycles. The molecule has 12 rings (SSSR count). The molecule has 1 aliphatic carbocycles. The summed E-state index contributed by atoms with van der Waals surface area (Å²) in [6.07, 6.45) is 3.64. The molecule has 5 aliphatic heterocycles. The van der Waals surface area contributed by atoms with Crippen LogP contribution in [0.25, 0.3) is 0 Å². The Hall–Kier alpha value is -6.15. The monoisotopic (exact) mass is 922 g/mol. The molecule has 0 radical (unpaired) electrons. The summed E-state index contributed by atoms with van der Waals surface area (Å²) in [5.74, 6) is 4.70. The Kier molecular flexibility index (Phi) is 9.34. The predicted molar refractivity (Wildman–Crippen MR) is 249 cm³/mol. The van der Waals surface area contributed by atoms with Gasteiger partial charge in [0.15, 0.2) is 46.0 Å². The lowest BCUT2D eigenvalue weighted by Crippen LogP contribution is -2.43. The first-order valence-electron chi connectivity index (χ1n) is 22.4. The van der Waals surface area contributed by atoms with Crippen molar-refractivity contribution >= 4 is 23.0 Å². The predicted octanol–water partition coefficient (Wildman–Crippen LogP) is 12.6. The van der Waals surface area contributed by atoms with Gasteiger partial charge in [0.25, 0.3) is 0 Å². The molecule has 13 heteroatoms. The molecule has 0 aromatic heterocycles. The number of benzene rings is 6. The summed E-state index contributed by atoms with van der Waals surface area (Å²) in [5.41, 5.74) is 4.17. The van der Waals surface area contributed by atoms with Crippen molar-refractivity contribution < 1.29 is 50.9 Å². The average molecular weight is 923 g/mol. The molecule has 0 spiro atoms. The number of para-hydroxylation sites is 4. The van der Waals surface area contributed by atoms with E-state index in [0.29, 0.717) is 94.3 Å². The number of fused-ring (bicyclic) bond motifs is 4. The van der Waals surface area contributed by atoms with E-state index in [1.807, 2.05) is 113 Å². The first kappa shape index (κ1) is 41.3. The maximum atomic E-state index is 15.2. The lowest BCUT2D eigenvalue weighted by Gasteiger charge is -2.34. The topological polar surface area (TPSA) is 109 Å². The van der Waals surface area contributed by atoms with Crippen molar-refractivity contribution in [1.29, 1.82) is 0 Å². The highest BCUT2D eigenvalue weighted by Crippen LogP contribution is 2.57. The van der Waals surface area contributed by atoms with Crippen LogP contribution in [0, 0.1) is 0 Å². The zero-order valence-electron chi connectivity index (χ0n) is 37.5. The van der Waals surface area contributed by atoms with Gasteiger partial charge in [0.05, 0.1) is 11.1 Å². The van der Waals surface area contributed by atoms with Gasteiger partial charge in [0, 0.05) is 54.4 Å². The molecular formula is C53H48O11P2. The Morgan fingerprint density at radius 1 is 0.424 bits per heavy atom. The summed E-state index contributed by atoms with van der Waals surface area (Å²) < 4.78 is 67.6. The number of hydrogen-bond acceptors (Lipinski definition) is 11. The third-order valence-corrected chi connectivity index (χ3v) is 15.0. The van der Waals surface area contributed by atoms with Crippen LogP contribution in [0.1, 0.15) is 97.3 Å². The van der Waals surface area contributed by atoms with E-state index < -0.39 is 39.6 Å². The zero-order valence-corrected chi connectivity index (χ0v) is 39.3. The van der Waals surface area contributed by atoms with Crippen LogP contribution in [-0.4, -0.2) is 28.2 Å². The summed E-state index contributed by atoms with van der Waals surface area (Å²) in [7, 11) is -4.58. The Morgan fingerprint density at radius 2 is 0.788 bits per heavy atom. The highest BCUT2D eigenvalue weighted by Gasteiger charge is 2.48. The van der Waals surface area contributed by atoms with Crippen LogP contribution in [0.2, 0.25) is 0 Å². The van der Waals surface area contributed by atoms with Gasteiger partial charge >= 0.3 is 17.2 Å². The molecule has 6 bridgehead atoms. The molecule has 11 nitrogen and oxygen atoms in total. The molecule has 4 unspecified atom stereocenters. The lowest BCUT2D eigenvalue weighted by atomic mass is 9.84. The molecule has 0 N–H and O–H groups in total. The van der Waals surface area contributed by atoms with Crippen molar-refractivity contribution in [2.45, 2.75) is 102 Å². The SMILES string of the molecule is CC1(C)Cc2cccc(OP3Oc4cccc5c4OC(C)(C5)CC4(C)Cc5cccc(c5O4)OP(Oc4cccc5c4OC(C)(C)C5)Oc4cccc5c4C(=O)c4c(cccc4O3)C5)c2O1. The van der Waals surface area contributed by atoms with E-state index in [1.165, 1.54) is 0 Å². The number of carbonyl (C=O) groups is 1. The summed E-state index contributed by atoms with van der Waals surface area (Å²) in [4.78, 5) is 15.2. The second kappa shape index (κ2) is 14.9. The minimum atomic E-state index is -2.29. The first-order chi connectivity index (χ1) is 31.7. The molecular weight excluding hydrogens is 875 g/mol. The van der Waals surface area contributed by atoms with Crippen LogP contribution in [0.3, 0.4) is 0 Å². The minimum Gasteiger partial charge on any atom is -0.483 e. The fourth-order valence-corrected chi connectivity index (χ4v) is 12.6. The van der Waals surface area contributed by atoms with Crippen LogP contribution in [0.15, 0.2) is 109 Å². The number of carbonyl (C=O) groups excluding carboxylic acids is 1. The molecule has 4 atom stereocenters. The first-order valence-corrected chi connectivity index (χ1v) is 24.6. The van der Waals surface area contributed by atoms with E-state index in [1.54, 1.807) is 12.1 Å². The van der Waals surface area contributed by atoms with Crippen molar-refractivity contribution in [3.05, 3.63) is 154 Å². The third kappa shape index (κ3) is 7.32.